The zero-order valence-electron chi connectivity index (χ0n) is 10.1. The molecule has 0 bridgehead atoms. The molecule has 0 amide bonds. The Bertz CT molecular complexity index is 543. The van der Waals surface area contributed by atoms with Gasteiger partial charge in [-0.15, -0.1) is 0 Å². The predicted octanol–water partition coefficient (Wildman–Crippen LogP) is 1.25. The molecule has 0 atom stereocenters. The molecule has 0 saturated carbocycles. The Morgan fingerprint density at radius 3 is 2.47 bits per heavy atom. The van der Waals surface area contributed by atoms with Gasteiger partial charge >= 0.3 is 6.18 Å². The highest BCUT2D eigenvalue weighted by Crippen LogP contribution is 2.34. The molecular weight excluding hydrogens is 283 g/mol. The van der Waals surface area contributed by atoms with Crippen molar-refractivity contribution in [3.05, 3.63) is 23.8 Å². The van der Waals surface area contributed by atoms with E-state index in [1.54, 1.807) is 0 Å². The molecule has 0 aliphatic rings. The standard InChI is InChI=1S/C10H14F3N3O2S/c1-15-19(17,18)5-4-16-7-2-3-9(14)8(6-7)10(11,12)13/h2-3,6,15-16H,4-5,14H2,1H3. The van der Waals surface area contributed by atoms with Crippen LogP contribution in [0.25, 0.3) is 0 Å². The summed E-state index contributed by atoms with van der Waals surface area (Å²) in [6.07, 6.45) is -4.54. The first-order valence-electron chi connectivity index (χ1n) is 5.27. The number of benzene rings is 1. The second-order valence-corrected chi connectivity index (χ2v) is 5.80. The van der Waals surface area contributed by atoms with Crippen molar-refractivity contribution in [3.63, 3.8) is 0 Å². The topological polar surface area (TPSA) is 84.2 Å². The van der Waals surface area contributed by atoms with Crippen LogP contribution in [0.3, 0.4) is 0 Å². The van der Waals surface area contributed by atoms with Crippen molar-refractivity contribution in [2.45, 2.75) is 6.18 Å². The fourth-order valence-corrected chi connectivity index (χ4v) is 1.92. The van der Waals surface area contributed by atoms with Crippen molar-refractivity contribution >= 4 is 21.4 Å². The molecule has 0 spiro atoms. The van der Waals surface area contributed by atoms with Crippen LogP contribution in [0.1, 0.15) is 5.56 Å². The lowest BCUT2D eigenvalue weighted by Crippen LogP contribution is -2.26. The zero-order chi connectivity index (χ0) is 14.7. The molecule has 0 unspecified atom stereocenters. The summed E-state index contributed by atoms with van der Waals surface area (Å²) in [7, 11) is -2.13. The molecule has 1 aromatic carbocycles. The van der Waals surface area contributed by atoms with E-state index in [9.17, 15) is 21.6 Å². The van der Waals surface area contributed by atoms with E-state index >= 15 is 0 Å². The fourth-order valence-electron chi connectivity index (χ4n) is 1.34. The van der Waals surface area contributed by atoms with Gasteiger partial charge in [0.25, 0.3) is 0 Å². The molecule has 0 heterocycles. The Kier molecular flexibility index (Phi) is 4.64. The summed E-state index contributed by atoms with van der Waals surface area (Å²) in [6, 6.07) is 3.33. The molecule has 0 aromatic heterocycles. The second-order valence-electron chi connectivity index (χ2n) is 3.75. The normalized spacial score (nSPS) is 12.4. The summed E-state index contributed by atoms with van der Waals surface area (Å²) in [5.74, 6) is -0.241. The second kappa shape index (κ2) is 5.66. The van der Waals surface area contributed by atoms with Gasteiger partial charge in [0.2, 0.25) is 10.0 Å². The molecule has 108 valence electrons. The molecule has 0 radical (unpaired) electrons. The number of rotatable bonds is 5. The highest BCUT2D eigenvalue weighted by atomic mass is 32.2. The predicted molar refractivity (Wildman–Crippen MR) is 67.2 cm³/mol. The van der Waals surface area contributed by atoms with Gasteiger partial charge in [0.1, 0.15) is 0 Å². The van der Waals surface area contributed by atoms with Crippen molar-refractivity contribution in [2.75, 3.05) is 30.4 Å². The Balaban J connectivity index is 2.76. The van der Waals surface area contributed by atoms with Crippen LogP contribution in [0.4, 0.5) is 24.5 Å². The van der Waals surface area contributed by atoms with Gasteiger partial charge < -0.3 is 11.1 Å². The van der Waals surface area contributed by atoms with E-state index in [4.69, 9.17) is 5.73 Å². The lowest BCUT2D eigenvalue weighted by Gasteiger charge is -2.13. The molecule has 0 saturated heterocycles. The third-order valence-electron chi connectivity index (χ3n) is 2.37. The van der Waals surface area contributed by atoms with E-state index in [0.29, 0.717) is 0 Å². The highest BCUT2D eigenvalue weighted by Gasteiger charge is 2.33. The van der Waals surface area contributed by atoms with E-state index in [1.807, 2.05) is 0 Å². The molecule has 5 nitrogen and oxygen atoms in total. The summed E-state index contributed by atoms with van der Waals surface area (Å²) < 4.78 is 62.1. The van der Waals surface area contributed by atoms with Gasteiger partial charge in [-0.1, -0.05) is 0 Å². The Labute approximate surface area is 109 Å². The number of halogens is 3. The van der Waals surface area contributed by atoms with Crippen LogP contribution < -0.4 is 15.8 Å². The van der Waals surface area contributed by atoms with E-state index in [2.05, 4.69) is 10.0 Å². The number of anilines is 2. The van der Waals surface area contributed by atoms with Crippen LogP contribution in [0.5, 0.6) is 0 Å². The van der Waals surface area contributed by atoms with Gasteiger partial charge in [-0.2, -0.15) is 13.2 Å². The fraction of sp³-hybridized carbons (Fsp3) is 0.400. The smallest absolute Gasteiger partial charge is 0.398 e. The van der Waals surface area contributed by atoms with Gasteiger partial charge in [0, 0.05) is 17.9 Å². The monoisotopic (exact) mass is 297 g/mol. The van der Waals surface area contributed by atoms with Crippen molar-refractivity contribution in [1.29, 1.82) is 0 Å². The van der Waals surface area contributed by atoms with Crippen LogP contribution in [-0.2, 0) is 16.2 Å². The summed E-state index contributed by atoms with van der Waals surface area (Å²) in [5.41, 5.74) is 4.08. The zero-order valence-corrected chi connectivity index (χ0v) is 10.9. The SMILES string of the molecule is CNS(=O)(=O)CCNc1ccc(N)c(C(F)(F)F)c1. The number of nitrogen functional groups attached to an aromatic ring is 1. The number of nitrogens with two attached hydrogens (primary N) is 1. The number of hydrogen-bond donors (Lipinski definition) is 3. The Morgan fingerprint density at radius 2 is 1.95 bits per heavy atom. The average molecular weight is 297 g/mol. The number of sulfonamides is 1. The molecule has 9 heteroatoms. The van der Waals surface area contributed by atoms with Crippen LogP contribution in [0, 0.1) is 0 Å². The van der Waals surface area contributed by atoms with Gasteiger partial charge in [0.05, 0.1) is 11.3 Å². The maximum absolute atomic E-state index is 12.6. The first-order valence-corrected chi connectivity index (χ1v) is 6.93. The van der Waals surface area contributed by atoms with Gasteiger partial charge in [0.15, 0.2) is 0 Å². The number of nitrogens with one attached hydrogen (secondary N) is 2. The van der Waals surface area contributed by atoms with Crippen LogP contribution in [0.15, 0.2) is 18.2 Å². The molecule has 0 aliphatic carbocycles. The quantitative estimate of drug-likeness (QED) is 0.714. The van der Waals surface area contributed by atoms with Crippen molar-refractivity contribution in [1.82, 2.24) is 4.72 Å². The van der Waals surface area contributed by atoms with Crippen molar-refractivity contribution < 1.29 is 21.6 Å². The Morgan fingerprint density at radius 1 is 1.32 bits per heavy atom. The first-order chi connectivity index (χ1) is 8.65. The third kappa shape index (κ3) is 4.60. The lowest BCUT2D eigenvalue weighted by atomic mass is 10.1. The third-order valence-corrected chi connectivity index (χ3v) is 3.73. The molecule has 1 rings (SSSR count). The van der Waals surface area contributed by atoms with Crippen LogP contribution in [0.2, 0.25) is 0 Å². The maximum Gasteiger partial charge on any atom is 0.418 e. The first kappa shape index (κ1) is 15.6. The van der Waals surface area contributed by atoms with Crippen LogP contribution >= 0.6 is 0 Å². The van der Waals surface area contributed by atoms with Gasteiger partial charge in [-0.25, -0.2) is 13.1 Å². The Hall–Kier alpha value is -1.48. The summed E-state index contributed by atoms with van der Waals surface area (Å²) in [4.78, 5) is 0. The molecule has 4 N–H and O–H groups in total. The van der Waals surface area contributed by atoms with E-state index in [1.165, 1.54) is 13.1 Å². The summed E-state index contributed by atoms with van der Waals surface area (Å²) in [6.45, 7) is -0.00954. The lowest BCUT2D eigenvalue weighted by molar-refractivity contribution is -0.136. The van der Waals surface area contributed by atoms with Gasteiger partial charge in [-0.3, -0.25) is 0 Å². The van der Waals surface area contributed by atoms with E-state index in [-0.39, 0.29) is 23.7 Å². The number of hydrogen-bond acceptors (Lipinski definition) is 4. The minimum absolute atomic E-state index is 0.00954. The average Bonchev–Trinajstić information content (AvgIpc) is 2.30. The number of alkyl halides is 3. The van der Waals surface area contributed by atoms with Crippen molar-refractivity contribution in [3.8, 4) is 0 Å². The van der Waals surface area contributed by atoms with E-state index in [0.717, 1.165) is 12.1 Å². The molecule has 0 fully saturated rings. The van der Waals surface area contributed by atoms with Crippen molar-refractivity contribution in [2.24, 2.45) is 0 Å². The summed E-state index contributed by atoms with van der Waals surface area (Å²) >= 11 is 0. The minimum atomic E-state index is -4.54. The minimum Gasteiger partial charge on any atom is -0.398 e. The highest BCUT2D eigenvalue weighted by molar-refractivity contribution is 7.89. The molecule has 1 aromatic rings. The molecule has 19 heavy (non-hydrogen) atoms. The largest absolute Gasteiger partial charge is 0.418 e. The van der Waals surface area contributed by atoms with E-state index < -0.39 is 21.8 Å². The molecule has 0 aliphatic heterocycles. The van der Waals surface area contributed by atoms with Crippen LogP contribution in [-0.4, -0.2) is 27.8 Å². The maximum atomic E-state index is 12.6. The van der Waals surface area contributed by atoms with Gasteiger partial charge in [-0.05, 0) is 25.2 Å². The summed E-state index contributed by atoms with van der Waals surface area (Å²) in [5, 5.41) is 2.60. The molecular formula is C10H14F3N3O2S.